The van der Waals surface area contributed by atoms with Crippen molar-refractivity contribution in [2.75, 3.05) is 42.9 Å². The van der Waals surface area contributed by atoms with Crippen LogP contribution in [-0.2, 0) is 9.59 Å². The number of likely N-dealkylation sites (tertiary alicyclic amines) is 2. The Labute approximate surface area is 235 Å². The fourth-order valence-corrected chi connectivity index (χ4v) is 7.22. The molecular weight excluding hydrogens is 523 g/mol. The number of piperidine rings is 1. The summed E-state index contributed by atoms with van der Waals surface area (Å²) in [6.45, 7) is 3.23. The number of amides is 2. The fourth-order valence-electron chi connectivity index (χ4n) is 7.22. The molecule has 0 radical (unpaired) electrons. The van der Waals surface area contributed by atoms with Crippen LogP contribution in [-0.4, -0.2) is 86.1 Å². The second kappa shape index (κ2) is 9.07. The fraction of sp³-hybridized carbons (Fsp3) is 0.367. The first kappa shape index (κ1) is 24.4. The Morgan fingerprint density at radius 1 is 1.07 bits per heavy atom. The van der Waals surface area contributed by atoms with Gasteiger partial charge in [-0.25, -0.2) is 14.4 Å². The molecule has 0 bridgehead atoms. The summed E-state index contributed by atoms with van der Waals surface area (Å²) in [6, 6.07) is 13.9. The van der Waals surface area contributed by atoms with Crippen molar-refractivity contribution in [3.8, 4) is 11.3 Å². The number of H-pyrrole nitrogens is 1. The van der Waals surface area contributed by atoms with Crippen LogP contribution in [0.1, 0.15) is 12.8 Å². The lowest BCUT2D eigenvalue weighted by Gasteiger charge is -2.50. The molecule has 4 fully saturated rings. The van der Waals surface area contributed by atoms with E-state index in [-0.39, 0.29) is 29.1 Å². The van der Waals surface area contributed by atoms with Crippen LogP contribution in [0.5, 0.6) is 0 Å². The van der Waals surface area contributed by atoms with Gasteiger partial charge in [-0.1, -0.05) is 0 Å². The van der Waals surface area contributed by atoms with E-state index in [2.05, 4.69) is 40.2 Å². The zero-order valence-electron chi connectivity index (χ0n) is 22.3. The Bertz CT molecular complexity index is 1660. The summed E-state index contributed by atoms with van der Waals surface area (Å²) in [6.07, 6.45) is 5.30. The van der Waals surface area contributed by atoms with Crippen LogP contribution in [0, 0.1) is 17.7 Å². The minimum Gasteiger partial charge on any atom is -0.333 e. The lowest BCUT2D eigenvalue weighted by Crippen LogP contribution is -2.69. The third-order valence-electron chi connectivity index (χ3n) is 9.41. The average molecular weight is 553 g/mol. The number of hydrogen-bond acceptors (Lipinski definition) is 7. The number of aromatic nitrogens is 4. The number of nitrogens with one attached hydrogen (secondary N) is 2. The van der Waals surface area contributed by atoms with Crippen LogP contribution in [0.4, 0.5) is 16.0 Å². The van der Waals surface area contributed by atoms with E-state index in [0.717, 1.165) is 41.9 Å². The first-order valence-corrected chi connectivity index (χ1v) is 14.1. The molecule has 1 saturated carbocycles. The van der Waals surface area contributed by atoms with Gasteiger partial charge in [0.15, 0.2) is 0 Å². The van der Waals surface area contributed by atoms with Crippen LogP contribution in [0.25, 0.3) is 22.2 Å². The Morgan fingerprint density at radius 2 is 1.90 bits per heavy atom. The zero-order valence-corrected chi connectivity index (χ0v) is 22.3. The number of carbonyl (C=O) groups excluding carboxylic acids is 2. The molecular formula is C30H29FN8O2. The highest BCUT2D eigenvalue weighted by atomic mass is 19.1. The molecule has 1 spiro atoms. The van der Waals surface area contributed by atoms with Crippen LogP contribution >= 0.6 is 0 Å². The summed E-state index contributed by atoms with van der Waals surface area (Å²) in [5, 5.41) is 11.3. The van der Waals surface area contributed by atoms with E-state index >= 15 is 0 Å². The highest BCUT2D eigenvalue weighted by Gasteiger charge is 2.76. The van der Waals surface area contributed by atoms with Gasteiger partial charge in [0.2, 0.25) is 17.8 Å². The van der Waals surface area contributed by atoms with Gasteiger partial charge in [-0.3, -0.25) is 19.6 Å². The molecule has 11 heteroatoms. The quantitative estimate of drug-likeness (QED) is 0.379. The van der Waals surface area contributed by atoms with E-state index in [1.165, 1.54) is 12.1 Å². The van der Waals surface area contributed by atoms with E-state index in [1.54, 1.807) is 24.5 Å². The molecule has 1 unspecified atom stereocenters. The maximum Gasteiger partial charge on any atom is 0.237 e. The van der Waals surface area contributed by atoms with Crippen molar-refractivity contribution in [3.05, 3.63) is 66.7 Å². The van der Waals surface area contributed by atoms with Gasteiger partial charge in [-0.15, -0.1) is 0 Å². The standard InChI is InChI=1S/C30H29FN8O2/c31-21-4-2-18(3-5-21)27-23-12-22(6-7-24(23)35-36-27)34-28(41)19-8-11-37(14-19)17-26(40)39-16-25-30(39)13-20(30)15-38(25)29-32-9-1-10-33-29/h1-7,9-10,12,19-20,25H,8,11,13-17H2,(H,34,41)(H,35,36)/t19-,20+,25-,30?/m1/s1. The third kappa shape index (κ3) is 3.90. The van der Waals surface area contributed by atoms with Gasteiger partial charge in [-0.05, 0) is 67.9 Å². The van der Waals surface area contributed by atoms with Gasteiger partial charge < -0.3 is 15.1 Å². The Balaban J connectivity index is 0.888. The van der Waals surface area contributed by atoms with Crippen LogP contribution in [0.3, 0.4) is 0 Å². The Hall–Kier alpha value is -4.38. The Morgan fingerprint density at radius 3 is 2.73 bits per heavy atom. The molecule has 10 nitrogen and oxygen atoms in total. The van der Waals surface area contributed by atoms with Gasteiger partial charge in [0.25, 0.3) is 0 Å². The molecule has 2 aromatic heterocycles. The number of halogens is 1. The Kier molecular flexibility index (Phi) is 5.40. The molecule has 4 aromatic rings. The second-order valence-electron chi connectivity index (χ2n) is 11.7. The monoisotopic (exact) mass is 552 g/mol. The molecule has 2 aromatic carbocycles. The molecule has 4 atom stereocenters. The number of hydrogen-bond donors (Lipinski definition) is 2. The summed E-state index contributed by atoms with van der Waals surface area (Å²) in [7, 11) is 0. The average Bonchev–Trinajstić information content (AvgIpc) is 3.23. The lowest BCUT2D eigenvalue weighted by molar-refractivity contribution is -0.143. The highest BCUT2D eigenvalue weighted by molar-refractivity contribution is 5.99. The molecule has 8 rings (SSSR count). The number of rotatable bonds is 6. The molecule has 4 aliphatic rings. The number of aromatic amines is 1. The van der Waals surface area contributed by atoms with Gasteiger partial charge >= 0.3 is 0 Å². The first-order valence-electron chi connectivity index (χ1n) is 14.1. The van der Waals surface area contributed by atoms with Gasteiger partial charge in [0.1, 0.15) is 5.82 Å². The molecule has 1 aliphatic carbocycles. The van der Waals surface area contributed by atoms with Gasteiger partial charge in [0.05, 0.1) is 35.3 Å². The van der Waals surface area contributed by atoms with Crippen molar-refractivity contribution in [2.45, 2.75) is 24.4 Å². The van der Waals surface area contributed by atoms with Crippen molar-refractivity contribution in [1.82, 2.24) is 30.0 Å². The molecule has 5 heterocycles. The largest absolute Gasteiger partial charge is 0.333 e. The van der Waals surface area contributed by atoms with Gasteiger partial charge in [0, 0.05) is 54.6 Å². The molecule has 3 aliphatic heterocycles. The smallest absolute Gasteiger partial charge is 0.237 e. The molecule has 41 heavy (non-hydrogen) atoms. The minimum atomic E-state index is -0.303. The third-order valence-corrected chi connectivity index (χ3v) is 9.41. The topological polar surface area (TPSA) is 110 Å². The number of benzene rings is 2. The SMILES string of the molecule is O=C(Nc1ccc2[nH]nc(-c3ccc(F)cc3)c2c1)[C@@H]1CCN(CC(=O)N2C[C@H]3N(c4ncccn4)C[C@@H]4CC432)C1. The molecule has 2 amide bonds. The van der Waals surface area contributed by atoms with Crippen LogP contribution < -0.4 is 10.2 Å². The normalized spacial score (nSPS) is 26.5. The summed E-state index contributed by atoms with van der Waals surface area (Å²) >= 11 is 0. The predicted molar refractivity (Wildman–Crippen MR) is 150 cm³/mol. The maximum atomic E-state index is 13.4. The van der Waals surface area contributed by atoms with E-state index in [0.29, 0.717) is 49.4 Å². The predicted octanol–water partition coefficient (Wildman–Crippen LogP) is 2.91. The maximum absolute atomic E-state index is 13.4. The van der Waals surface area contributed by atoms with Crippen molar-refractivity contribution >= 4 is 34.4 Å². The lowest BCUT2D eigenvalue weighted by atomic mass is 9.93. The molecule has 2 N–H and O–H groups in total. The van der Waals surface area contributed by atoms with Crippen molar-refractivity contribution < 1.29 is 14.0 Å². The summed E-state index contributed by atoms with van der Waals surface area (Å²) < 4.78 is 13.4. The van der Waals surface area contributed by atoms with E-state index in [4.69, 9.17) is 0 Å². The molecule has 208 valence electrons. The number of nitrogens with zero attached hydrogens (tertiary/aromatic N) is 6. The first-order chi connectivity index (χ1) is 20.0. The number of anilines is 2. The van der Waals surface area contributed by atoms with Crippen molar-refractivity contribution in [1.29, 1.82) is 0 Å². The van der Waals surface area contributed by atoms with Gasteiger partial charge in [-0.2, -0.15) is 5.10 Å². The van der Waals surface area contributed by atoms with Crippen molar-refractivity contribution in [3.63, 3.8) is 0 Å². The minimum absolute atomic E-state index is 0.0503. The highest BCUT2D eigenvalue weighted by Crippen LogP contribution is 2.63. The zero-order chi connectivity index (χ0) is 27.7. The summed E-state index contributed by atoms with van der Waals surface area (Å²) in [4.78, 5) is 41.8. The van der Waals surface area contributed by atoms with E-state index < -0.39 is 0 Å². The summed E-state index contributed by atoms with van der Waals surface area (Å²) in [5.41, 5.74) is 2.96. The second-order valence-corrected chi connectivity index (χ2v) is 11.7. The van der Waals surface area contributed by atoms with Crippen molar-refractivity contribution in [2.24, 2.45) is 11.8 Å². The van der Waals surface area contributed by atoms with E-state index in [1.807, 2.05) is 24.3 Å². The van der Waals surface area contributed by atoms with Crippen LogP contribution in [0.2, 0.25) is 0 Å². The van der Waals surface area contributed by atoms with Crippen LogP contribution in [0.15, 0.2) is 60.9 Å². The molecule has 3 saturated heterocycles. The number of fused-ring (bicyclic) bond motifs is 1. The number of carbonyl (C=O) groups is 2. The van der Waals surface area contributed by atoms with E-state index in [9.17, 15) is 14.0 Å². The summed E-state index contributed by atoms with van der Waals surface area (Å²) in [5.74, 6) is 0.852.